The van der Waals surface area contributed by atoms with Gasteiger partial charge in [0.1, 0.15) is 10.7 Å². The number of halogens is 2. The molecule has 2 aliphatic rings. The number of nitrogens with zero attached hydrogens (tertiary/aromatic N) is 2. The van der Waals surface area contributed by atoms with Crippen molar-refractivity contribution >= 4 is 21.5 Å². The predicted molar refractivity (Wildman–Crippen MR) is 105 cm³/mol. The molecule has 0 amide bonds. The maximum atomic E-state index is 13.3. The summed E-state index contributed by atoms with van der Waals surface area (Å²) in [5, 5.41) is 0. The standard InChI is InChI=1S/C20H23F2N3O3S/c1-20(2)18(14-8-9-28-19(14)20)25(3)17-7-5-13(11-23-17)29(26,27)24-12-4-6-15(21)16(22)10-12/h4-7,10-11,14,18-19,24H,8-9H2,1-3H3. The minimum atomic E-state index is -3.97. The number of anilines is 2. The Labute approximate surface area is 168 Å². The average Bonchev–Trinajstić information content (AvgIpc) is 3.11. The minimum absolute atomic E-state index is 0.0173. The number of nitrogens with one attached hydrogen (secondary N) is 1. The van der Waals surface area contributed by atoms with Crippen LogP contribution in [0.5, 0.6) is 0 Å². The summed E-state index contributed by atoms with van der Waals surface area (Å²) >= 11 is 0. The van der Waals surface area contributed by atoms with E-state index in [4.69, 9.17) is 4.74 Å². The van der Waals surface area contributed by atoms with Gasteiger partial charge in [-0.25, -0.2) is 22.2 Å². The number of sulfonamides is 1. The van der Waals surface area contributed by atoms with Crippen LogP contribution in [0.3, 0.4) is 0 Å². The Morgan fingerprint density at radius 1 is 1.21 bits per heavy atom. The van der Waals surface area contributed by atoms with Gasteiger partial charge in [-0.05, 0) is 30.7 Å². The van der Waals surface area contributed by atoms with Gasteiger partial charge < -0.3 is 9.64 Å². The van der Waals surface area contributed by atoms with Gasteiger partial charge in [-0.15, -0.1) is 0 Å². The summed E-state index contributed by atoms with van der Waals surface area (Å²) in [5.74, 6) is -1.07. The molecule has 1 N–H and O–H groups in total. The smallest absolute Gasteiger partial charge is 0.263 e. The van der Waals surface area contributed by atoms with Crippen LogP contribution in [-0.2, 0) is 14.8 Å². The SMILES string of the molecule is CN(c1ccc(S(=O)(=O)Nc2ccc(F)c(F)c2)cn1)C1C2CCOC2C1(C)C. The number of pyridine rings is 1. The Bertz CT molecular complexity index is 1030. The van der Waals surface area contributed by atoms with Crippen LogP contribution in [0.15, 0.2) is 41.4 Å². The normalized spacial score (nSPS) is 25.2. The van der Waals surface area contributed by atoms with Crippen molar-refractivity contribution in [2.75, 3.05) is 23.3 Å². The number of ether oxygens (including phenoxy) is 1. The van der Waals surface area contributed by atoms with E-state index in [9.17, 15) is 17.2 Å². The maximum Gasteiger partial charge on any atom is 0.263 e. The van der Waals surface area contributed by atoms with Crippen molar-refractivity contribution in [1.29, 1.82) is 0 Å². The molecule has 2 heterocycles. The fourth-order valence-corrected chi connectivity index (χ4v) is 5.73. The molecule has 1 aromatic carbocycles. The highest BCUT2D eigenvalue weighted by molar-refractivity contribution is 7.92. The van der Waals surface area contributed by atoms with Gasteiger partial charge in [0.15, 0.2) is 11.6 Å². The van der Waals surface area contributed by atoms with E-state index in [0.717, 1.165) is 31.2 Å². The van der Waals surface area contributed by atoms with E-state index in [1.807, 2.05) is 7.05 Å². The molecule has 1 aromatic heterocycles. The molecular weight excluding hydrogens is 400 g/mol. The first-order valence-electron chi connectivity index (χ1n) is 9.39. The summed E-state index contributed by atoms with van der Waals surface area (Å²) < 4.78 is 59.5. The second kappa shape index (κ2) is 6.91. The zero-order valence-corrected chi connectivity index (χ0v) is 17.2. The first-order chi connectivity index (χ1) is 13.6. The van der Waals surface area contributed by atoms with E-state index >= 15 is 0 Å². The number of hydrogen-bond donors (Lipinski definition) is 1. The van der Waals surface area contributed by atoms with E-state index in [2.05, 4.69) is 28.5 Å². The van der Waals surface area contributed by atoms with Gasteiger partial charge in [-0.1, -0.05) is 13.8 Å². The third-order valence-corrected chi connectivity index (χ3v) is 7.39. The van der Waals surface area contributed by atoms with Gasteiger partial charge in [0.05, 0.1) is 11.8 Å². The van der Waals surface area contributed by atoms with Crippen molar-refractivity contribution in [3.8, 4) is 0 Å². The highest BCUT2D eigenvalue weighted by atomic mass is 32.2. The lowest BCUT2D eigenvalue weighted by Crippen LogP contribution is -2.66. The summed E-state index contributed by atoms with van der Waals surface area (Å²) in [7, 11) is -2.02. The largest absolute Gasteiger partial charge is 0.377 e. The van der Waals surface area contributed by atoms with Gasteiger partial charge in [0, 0.05) is 43.3 Å². The lowest BCUT2D eigenvalue weighted by atomic mass is 9.57. The number of hydrogen-bond acceptors (Lipinski definition) is 5. The first-order valence-corrected chi connectivity index (χ1v) is 10.9. The lowest BCUT2D eigenvalue weighted by molar-refractivity contribution is -0.101. The van der Waals surface area contributed by atoms with Crippen LogP contribution in [0.4, 0.5) is 20.3 Å². The Kier molecular flexibility index (Phi) is 4.77. The quantitative estimate of drug-likeness (QED) is 0.798. The van der Waals surface area contributed by atoms with E-state index in [1.54, 1.807) is 6.07 Å². The Morgan fingerprint density at radius 2 is 1.97 bits per heavy atom. The molecule has 0 bridgehead atoms. The van der Waals surface area contributed by atoms with Gasteiger partial charge in [-0.3, -0.25) is 4.72 Å². The van der Waals surface area contributed by atoms with E-state index < -0.39 is 21.7 Å². The molecule has 1 saturated heterocycles. The van der Waals surface area contributed by atoms with Crippen LogP contribution in [0.1, 0.15) is 20.3 Å². The molecule has 1 aliphatic heterocycles. The fourth-order valence-electron chi connectivity index (χ4n) is 4.74. The van der Waals surface area contributed by atoms with Gasteiger partial charge in [0.2, 0.25) is 0 Å². The number of benzene rings is 1. The Hall–Kier alpha value is -2.26. The zero-order valence-electron chi connectivity index (χ0n) is 16.4. The van der Waals surface area contributed by atoms with Crippen LogP contribution < -0.4 is 9.62 Å². The molecule has 0 spiro atoms. The number of aromatic nitrogens is 1. The maximum absolute atomic E-state index is 13.3. The minimum Gasteiger partial charge on any atom is -0.377 e. The summed E-state index contributed by atoms with van der Waals surface area (Å²) in [6.07, 6.45) is 2.52. The fraction of sp³-hybridized carbons (Fsp3) is 0.450. The molecule has 2 aromatic rings. The molecule has 0 radical (unpaired) electrons. The molecule has 29 heavy (non-hydrogen) atoms. The van der Waals surface area contributed by atoms with Crippen LogP contribution in [-0.4, -0.2) is 39.2 Å². The molecule has 9 heteroatoms. The van der Waals surface area contributed by atoms with Crippen molar-refractivity contribution in [2.24, 2.45) is 11.3 Å². The van der Waals surface area contributed by atoms with E-state index in [1.165, 1.54) is 12.3 Å². The number of fused-ring (bicyclic) bond motifs is 1. The molecule has 3 unspecified atom stereocenters. The van der Waals surface area contributed by atoms with Crippen LogP contribution in [0.2, 0.25) is 0 Å². The van der Waals surface area contributed by atoms with Gasteiger partial charge in [-0.2, -0.15) is 0 Å². The van der Waals surface area contributed by atoms with E-state index in [0.29, 0.717) is 11.7 Å². The van der Waals surface area contributed by atoms with Gasteiger partial charge in [0.25, 0.3) is 10.0 Å². The lowest BCUT2D eigenvalue weighted by Gasteiger charge is -2.58. The first kappa shape index (κ1) is 20.0. The second-order valence-electron chi connectivity index (χ2n) is 8.21. The van der Waals surface area contributed by atoms with E-state index in [-0.39, 0.29) is 28.1 Å². The number of rotatable bonds is 5. The zero-order chi connectivity index (χ0) is 21.0. The Morgan fingerprint density at radius 3 is 2.62 bits per heavy atom. The summed E-state index contributed by atoms with van der Waals surface area (Å²) in [6, 6.07) is 6.18. The summed E-state index contributed by atoms with van der Waals surface area (Å²) in [6.45, 7) is 5.11. The third kappa shape index (κ3) is 3.36. The predicted octanol–water partition coefficient (Wildman–Crippen LogP) is 3.41. The van der Waals surface area contributed by atoms with Crippen LogP contribution >= 0.6 is 0 Å². The molecule has 6 nitrogen and oxygen atoms in total. The molecule has 4 rings (SSSR count). The van der Waals surface area contributed by atoms with Crippen molar-refractivity contribution in [2.45, 2.75) is 37.3 Å². The topological polar surface area (TPSA) is 71.5 Å². The Balaban J connectivity index is 1.52. The monoisotopic (exact) mass is 423 g/mol. The molecule has 1 aliphatic carbocycles. The average molecular weight is 423 g/mol. The second-order valence-corrected chi connectivity index (χ2v) is 9.89. The molecule has 156 valence electrons. The van der Waals surface area contributed by atoms with Crippen LogP contribution in [0, 0.1) is 23.0 Å². The molecule has 1 saturated carbocycles. The third-order valence-electron chi connectivity index (χ3n) is 6.02. The highest BCUT2D eigenvalue weighted by Gasteiger charge is 2.61. The molecule has 2 fully saturated rings. The van der Waals surface area contributed by atoms with Crippen molar-refractivity contribution in [3.05, 3.63) is 48.2 Å². The van der Waals surface area contributed by atoms with Crippen molar-refractivity contribution < 1.29 is 21.9 Å². The highest BCUT2D eigenvalue weighted by Crippen LogP contribution is 2.54. The molecule has 3 atom stereocenters. The van der Waals surface area contributed by atoms with Gasteiger partial charge >= 0.3 is 0 Å². The van der Waals surface area contributed by atoms with Crippen molar-refractivity contribution in [1.82, 2.24) is 4.98 Å². The van der Waals surface area contributed by atoms with Crippen LogP contribution in [0.25, 0.3) is 0 Å². The summed E-state index contributed by atoms with van der Waals surface area (Å²) in [4.78, 5) is 6.35. The molecular formula is C20H23F2N3O3S. The summed E-state index contributed by atoms with van der Waals surface area (Å²) in [5.41, 5.74) is -0.0788. The van der Waals surface area contributed by atoms with Crippen molar-refractivity contribution in [3.63, 3.8) is 0 Å².